The predicted molar refractivity (Wildman–Crippen MR) is 81.9 cm³/mol. The van der Waals surface area contributed by atoms with Crippen molar-refractivity contribution >= 4 is 16.7 Å². The second-order valence-corrected chi connectivity index (χ2v) is 5.47. The van der Waals surface area contributed by atoms with Crippen LogP contribution in [0.15, 0.2) is 24.3 Å². The van der Waals surface area contributed by atoms with Gasteiger partial charge < -0.3 is 4.90 Å². The van der Waals surface area contributed by atoms with Crippen LogP contribution in [0.2, 0.25) is 0 Å². The highest BCUT2D eigenvalue weighted by molar-refractivity contribution is 5.84. The van der Waals surface area contributed by atoms with Gasteiger partial charge in [-0.2, -0.15) is 5.26 Å². The summed E-state index contributed by atoms with van der Waals surface area (Å²) >= 11 is 0. The Morgan fingerprint density at radius 2 is 2.10 bits per heavy atom. The molecule has 3 heteroatoms. The molecule has 3 nitrogen and oxygen atoms in total. The Labute approximate surface area is 119 Å². The first-order chi connectivity index (χ1) is 9.79. The maximum atomic E-state index is 8.86. The van der Waals surface area contributed by atoms with E-state index in [1.165, 1.54) is 29.4 Å². The lowest BCUT2D eigenvalue weighted by Crippen LogP contribution is -2.21. The average Bonchev–Trinajstić information content (AvgIpc) is 2.98. The number of hydrogen-bond acceptors (Lipinski definition) is 3. The van der Waals surface area contributed by atoms with Gasteiger partial charge in [0.15, 0.2) is 0 Å². The SMILES string of the molecule is Cc1cccc2cc(CCC#N)c(N3CCCC3)nc12. The number of aromatic nitrogens is 1. The molecule has 1 fully saturated rings. The molecule has 0 atom stereocenters. The maximum Gasteiger partial charge on any atom is 0.132 e. The van der Waals surface area contributed by atoms with Gasteiger partial charge in [-0.15, -0.1) is 0 Å². The van der Waals surface area contributed by atoms with E-state index in [9.17, 15) is 0 Å². The van der Waals surface area contributed by atoms with Crippen LogP contribution in [0.5, 0.6) is 0 Å². The molecule has 2 aromatic rings. The van der Waals surface area contributed by atoms with Crippen LogP contribution in [0.1, 0.15) is 30.4 Å². The van der Waals surface area contributed by atoms with Crippen molar-refractivity contribution in [2.75, 3.05) is 18.0 Å². The third-order valence-corrected chi connectivity index (χ3v) is 4.02. The number of rotatable bonds is 3. The zero-order valence-corrected chi connectivity index (χ0v) is 11.9. The van der Waals surface area contributed by atoms with Crippen LogP contribution in [0.3, 0.4) is 0 Å². The normalized spacial score (nSPS) is 14.7. The lowest BCUT2D eigenvalue weighted by Gasteiger charge is -2.21. The van der Waals surface area contributed by atoms with Crippen molar-refractivity contribution in [1.82, 2.24) is 4.98 Å². The Kier molecular flexibility index (Phi) is 3.56. The molecule has 20 heavy (non-hydrogen) atoms. The fourth-order valence-electron chi connectivity index (χ4n) is 2.96. The van der Waals surface area contributed by atoms with Crippen LogP contribution < -0.4 is 4.90 Å². The second kappa shape index (κ2) is 5.50. The summed E-state index contributed by atoms with van der Waals surface area (Å²) in [5.41, 5.74) is 3.52. The maximum absolute atomic E-state index is 8.86. The summed E-state index contributed by atoms with van der Waals surface area (Å²) in [7, 11) is 0. The number of pyridine rings is 1. The summed E-state index contributed by atoms with van der Waals surface area (Å²) in [4.78, 5) is 7.30. The van der Waals surface area contributed by atoms with Gasteiger partial charge in [0.25, 0.3) is 0 Å². The van der Waals surface area contributed by atoms with Crippen molar-refractivity contribution in [2.45, 2.75) is 32.6 Å². The van der Waals surface area contributed by atoms with Crippen molar-refractivity contribution in [3.05, 3.63) is 35.4 Å². The molecule has 1 aromatic heterocycles. The summed E-state index contributed by atoms with van der Waals surface area (Å²) in [5, 5.41) is 10.0. The highest BCUT2D eigenvalue weighted by Crippen LogP contribution is 2.28. The highest BCUT2D eigenvalue weighted by Gasteiger charge is 2.18. The Morgan fingerprint density at radius 1 is 1.30 bits per heavy atom. The molecule has 0 bridgehead atoms. The second-order valence-electron chi connectivity index (χ2n) is 5.47. The number of aryl methyl sites for hydroxylation is 2. The molecule has 1 aliphatic heterocycles. The fourth-order valence-corrected chi connectivity index (χ4v) is 2.96. The molecule has 0 unspecified atom stereocenters. The van der Waals surface area contributed by atoms with Crippen molar-refractivity contribution in [3.8, 4) is 6.07 Å². The van der Waals surface area contributed by atoms with E-state index >= 15 is 0 Å². The smallest absolute Gasteiger partial charge is 0.132 e. The van der Waals surface area contributed by atoms with Crippen LogP contribution in [0.4, 0.5) is 5.82 Å². The first-order valence-corrected chi connectivity index (χ1v) is 7.31. The molecule has 0 radical (unpaired) electrons. The Hall–Kier alpha value is -2.08. The molecule has 0 N–H and O–H groups in total. The van der Waals surface area contributed by atoms with E-state index in [1.54, 1.807) is 0 Å². The summed E-state index contributed by atoms with van der Waals surface area (Å²) in [6.07, 6.45) is 3.83. The minimum Gasteiger partial charge on any atom is -0.356 e. The molecular weight excluding hydrogens is 246 g/mol. The fraction of sp³-hybridized carbons (Fsp3) is 0.412. The predicted octanol–water partition coefficient (Wildman–Crippen LogP) is 3.60. The number of hydrogen-bond donors (Lipinski definition) is 0. The average molecular weight is 265 g/mol. The van der Waals surface area contributed by atoms with Crippen LogP contribution in [0, 0.1) is 18.3 Å². The number of anilines is 1. The lowest BCUT2D eigenvalue weighted by atomic mass is 10.0. The Balaban J connectivity index is 2.12. The van der Waals surface area contributed by atoms with Crippen LogP contribution in [-0.4, -0.2) is 18.1 Å². The molecule has 0 aliphatic carbocycles. The van der Waals surface area contributed by atoms with Crippen molar-refractivity contribution < 1.29 is 0 Å². The summed E-state index contributed by atoms with van der Waals surface area (Å²) in [6, 6.07) is 10.8. The zero-order valence-electron chi connectivity index (χ0n) is 11.9. The van der Waals surface area contributed by atoms with Gasteiger partial charge in [-0.1, -0.05) is 18.2 Å². The number of para-hydroxylation sites is 1. The van der Waals surface area contributed by atoms with Gasteiger partial charge in [-0.05, 0) is 43.4 Å². The van der Waals surface area contributed by atoms with E-state index < -0.39 is 0 Å². The summed E-state index contributed by atoms with van der Waals surface area (Å²) in [5.74, 6) is 1.10. The molecule has 2 heterocycles. The number of benzene rings is 1. The zero-order chi connectivity index (χ0) is 13.9. The summed E-state index contributed by atoms with van der Waals surface area (Å²) < 4.78 is 0. The number of nitriles is 1. The van der Waals surface area contributed by atoms with Crippen molar-refractivity contribution in [1.29, 1.82) is 5.26 Å². The molecule has 0 amide bonds. The van der Waals surface area contributed by atoms with E-state index in [4.69, 9.17) is 10.2 Å². The van der Waals surface area contributed by atoms with Crippen LogP contribution in [-0.2, 0) is 6.42 Å². The van der Waals surface area contributed by atoms with E-state index in [-0.39, 0.29) is 0 Å². The highest BCUT2D eigenvalue weighted by atomic mass is 15.2. The first-order valence-electron chi connectivity index (χ1n) is 7.31. The third-order valence-electron chi connectivity index (χ3n) is 4.02. The Bertz CT molecular complexity index is 664. The number of nitrogens with zero attached hydrogens (tertiary/aromatic N) is 3. The molecule has 0 saturated carbocycles. The number of fused-ring (bicyclic) bond motifs is 1. The van der Waals surface area contributed by atoms with Gasteiger partial charge in [0.1, 0.15) is 5.82 Å². The molecular formula is C17H19N3. The van der Waals surface area contributed by atoms with E-state index in [0.29, 0.717) is 6.42 Å². The van der Waals surface area contributed by atoms with E-state index in [1.807, 2.05) is 0 Å². The third kappa shape index (κ3) is 2.34. The molecule has 0 spiro atoms. The van der Waals surface area contributed by atoms with Gasteiger partial charge in [0, 0.05) is 24.9 Å². The monoisotopic (exact) mass is 265 g/mol. The molecule has 3 rings (SSSR count). The molecule has 1 aromatic carbocycles. The van der Waals surface area contributed by atoms with Gasteiger partial charge in [-0.3, -0.25) is 0 Å². The van der Waals surface area contributed by atoms with Gasteiger partial charge >= 0.3 is 0 Å². The van der Waals surface area contributed by atoms with Gasteiger partial charge in [-0.25, -0.2) is 4.98 Å². The van der Waals surface area contributed by atoms with E-state index in [0.717, 1.165) is 30.8 Å². The molecule has 1 saturated heterocycles. The molecule has 1 aliphatic rings. The summed E-state index contributed by atoms with van der Waals surface area (Å²) in [6.45, 7) is 4.28. The molecule has 102 valence electrons. The largest absolute Gasteiger partial charge is 0.356 e. The van der Waals surface area contributed by atoms with Crippen LogP contribution >= 0.6 is 0 Å². The first kappa shape index (κ1) is 12.9. The Morgan fingerprint density at radius 3 is 2.85 bits per heavy atom. The van der Waals surface area contributed by atoms with E-state index in [2.05, 4.69) is 42.2 Å². The van der Waals surface area contributed by atoms with Gasteiger partial charge in [0.05, 0.1) is 11.6 Å². The minimum atomic E-state index is 0.555. The topological polar surface area (TPSA) is 39.9 Å². The van der Waals surface area contributed by atoms with Crippen molar-refractivity contribution in [3.63, 3.8) is 0 Å². The quantitative estimate of drug-likeness (QED) is 0.851. The standard InChI is InChI=1S/C17H19N3/c1-13-6-4-7-14-12-15(8-5-9-18)17(19-16(13)14)20-10-2-3-11-20/h4,6-7,12H,2-3,5,8,10-11H2,1H3. The van der Waals surface area contributed by atoms with Gasteiger partial charge in [0.2, 0.25) is 0 Å². The minimum absolute atomic E-state index is 0.555. The lowest BCUT2D eigenvalue weighted by molar-refractivity contribution is 0.906. The van der Waals surface area contributed by atoms with Crippen LogP contribution in [0.25, 0.3) is 10.9 Å². The van der Waals surface area contributed by atoms with Crippen molar-refractivity contribution in [2.24, 2.45) is 0 Å².